The van der Waals surface area contributed by atoms with Gasteiger partial charge in [0.2, 0.25) is 5.82 Å². The minimum absolute atomic E-state index is 0.422. The maximum absolute atomic E-state index is 5.30. The maximum Gasteiger partial charge on any atom is 0.216 e. The minimum atomic E-state index is 0.422. The Labute approximate surface area is 161 Å². The number of guanidine groups is 1. The van der Waals surface area contributed by atoms with E-state index in [2.05, 4.69) is 41.0 Å². The summed E-state index contributed by atoms with van der Waals surface area (Å²) in [7, 11) is 0. The van der Waals surface area contributed by atoms with Crippen molar-refractivity contribution in [2.24, 2.45) is 4.99 Å². The molecule has 0 fully saturated rings. The number of nitrogens with one attached hydrogen (secondary N) is 3. The third-order valence-electron chi connectivity index (χ3n) is 4.03. The summed E-state index contributed by atoms with van der Waals surface area (Å²) in [5.41, 5.74) is 0.809. The van der Waals surface area contributed by atoms with Crippen molar-refractivity contribution in [3.8, 4) is 11.6 Å². The number of pyridine rings is 1. The number of aromatic nitrogens is 6. The molecule has 4 heterocycles. The third kappa shape index (κ3) is 4.00. The first-order valence-corrected chi connectivity index (χ1v) is 9.09. The van der Waals surface area contributed by atoms with E-state index in [1.54, 1.807) is 6.26 Å². The Bertz CT molecular complexity index is 1050. The van der Waals surface area contributed by atoms with E-state index in [0.29, 0.717) is 37.1 Å². The molecule has 0 aliphatic rings. The van der Waals surface area contributed by atoms with Crippen LogP contribution < -0.4 is 10.6 Å². The second-order valence-electron chi connectivity index (χ2n) is 6.00. The van der Waals surface area contributed by atoms with Crippen LogP contribution in [0.25, 0.3) is 17.2 Å². The molecule has 4 rings (SSSR count). The lowest BCUT2D eigenvalue weighted by atomic mass is 10.4. The predicted octanol–water partition coefficient (Wildman–Crippen LogP) is 1.41. The standard InChI is InChI=1S/C18H21N9O/c1-2-19-18(21-12-16-25-24-15-7-3-4-10-27(15)16)20-9-8-14-22-17(26-23-14)13-6-5-11-28-13/h3-7,10-11H,2,8-9,12H2,1H3,(H2,19,20,21)(H,22,23,26). The number of hydrogen-bond donors (Lipinski definition) is 3. The molecule has 0 aromatic carbocycles. The number of H-pyrrole nitrogens is 1. The van der Waals surface area contributed by atoms with E-state index in [1.165, 1.54) is 0 Å². The van der Waals surface area contributed by atoms with Crippen molar-refractivity contribution in [1.29, 1.82) is 0 Å². The van der Waals surface area contributed by atoms with Crippen LogP contribution in [-0.4, -0.2) is 48.8 Å². The molecule has 144 valence electrons. The van der Waals surface area contributed by atoms with Gasteiger partial charge in [-0.2, -0.15) is 5.10 Å². The maximum atomic E-state index is 5.30. The Kier molecular flexibility index (Phi) is 5.27. The van der Waals surface area contributed by atoms with Gasteiger partial charge < -0.3 is 15.1 Å². The van der Waals surface area contributed by atoms with E-state index in [-0.39, 0.29) is 0 Å². The van der Waals surface area contributed by atoms with Crippen molar-refractivity contribution >= 4 is 11.6 Å². The quantitative estimate of drug-likeness (QED) is 0.328. The van der Waals surface area contributed by atoms with Crippen LogP contribution in [0.15, 0.2) is 52.2 Å². The highest BCUT2D eigenvalue weighted by Gasteiger charge is 2.08. The number of aliphatic imine (C=N–C) groups is 1. The predicted molar refractivity (Wildman–Crippen MR) is 104 cm³/mol. The summed E-state index contributed by atoms with van der Waals surface area (Å²) in [5.74, 6) is 3.47. The summed E-state index contributed by atoms with van der Waals surface area (Å²) in [6.45, 7) is 3.86. The van der Waals surface area contributed by atoms with Gasteiger partial charge in [0.1, 0.15) is 12.4 Å². The highest BCUT2D eigenvalue weighted by molar-refractivity contribution is 5.79. The lowest BCUT2D eigenvalue weighted by Gasteiger charge is -2.10. The fraction of sp³-hybridized carbons (Fsp3) is 0.278. The Balaban J connectivity index is 1.35. The van der Waals surface area contributed by atoms with Crippen molar-refractivity contribution in [2.75, 3.05) is 13.1 Å². The molecule has 4 aromatic rings. The summed E-state index contributed by atoms with van der Waals surface area (Å²) in [4.78, 5) is 9.03. The Morgan fingerprint density at radius 1 is 1.21 bits per heavy atom. The van der Waals surface area contributed by atoms with Gasteiger partial charge in [-0.1, -0.05) is 6.07 Å². The van der Waals surface area contributed by atoms with Crippen molar-refractivity contribution in [1.82, 2.24) is 40.4 Å². The Morgan fingerprint density at radius 2 is 2.18 bits per heavy atom. The van der Waals surface area contributed by atoms with Crippen LogP contribution in [0.4, 0.5) is 0 Å². The lowest BCUT2D eigenvalue weighted by Crippen LogP contribution is -2.38. The topological polar surface area (TPSA) is 121 Å². The number of furan rings is 1. The fourth-order valence-corrected chi connectivity index (χ4v) is 2.71. The molecule has 10 heteroatoms. The molecule has 0 spiro atoms. The van der Waals surface area contributed by atoms with Gasteiger partial charge in [0, 0.05) is 25.7 Å². The summed E-state index contributed by atoms with van der Waals surface area (Å²) in [6.07, 6.45) is 4.21. The molecule has 0 bridgehead atoms. The molecule has 10 nitrogen and oxygen atoms in total. The van der Waals surface area contributed by atoms with E-state index in [4.69, 9.17) is 4.42 Å². The molecule has 0 aliphatic heterocycles. The lowest BCUT2D eigenvalue weighted by molar-refractivity contribution is 0.577. The molecular formula is C18H21N9O. The van der Waals surface area contributed by atoms with E-state index < -0.39 is 0 Å². The van der Waals surface area contributed by atoms with Crippen LogP contribution >= 0.6 is 0 Å². The van der Waals surface area contributed by atoms with Crippen molar-refractivity contribution in [3.05, 3.63) is 54.4 Å². The normalized spacial score (nSPS) is 11.8. The first-order valence-electron chi connectivity index (χ1n) is 9.09. The average Bonchev–Trinajstić information content (AvgIpc) is 3.46. The van der Waals surface area contributed by atoms with E-state index >= 15 is 0 Å². The molecule has 0 saturated heterocycles. The largest absolute Gasteiger partial charge is 0.461 e. The van der Waals surface area contributed by atoms with Crippen molar-refractivity contribution in [3.63, 3.8) is 0 Å². The second-order valence-corrected chi connectivity index (χ2v) is 6.00. The molecule has 0 radical (unpaired) electrons. The number of nitrogens with zero attached hydrogens (tertiary/aromatic N) is 6. The Morgan fingerprint density at radius 3 is 3.04 bits per heavy atom. The van der Waals surface area contributed by atoms with Crippen LogP contribution in [0.1, 0.15) is 18.6 Å². The Hall–Kier alpha value is -3.69. The third-order valence-corrected chi connectivity index (χ3v) is 4.03. The van der Waals surface area contributed by atoms with Gasteiger partial charge in [-0.25, -0.2) is 9.98 Å². The van der Waals surface area contributed by atoms with Gasteiger partial charge in [-0.15, -0.1) is 10.2 Å². The molecule has 0 amide bonds. The van der Waals surface area contributed by atoms with Gasteiger partial charge in [-0.05, 0) is 31.2 Å². The van der Waals surface area contributed by atoms with Gasteiger partial charge in [-0.3, -0.25) is 9.50 Å². The van der Waals surface area contributed by atoms with Crippen LogP contribution in [0.3, 0.4) is 0 Å². The number of fused-ring (bicyclic) bond motifs is 1. The summed E-state index contributed by atoms with van der Waals surface area (Å²) >= 11 is 0. The minimum Gasteiger partial charge on any atom is -0.461 e. The van der Waals surface area contributed by atoms with Crippen molar-refractivity contribution in [2.45, 2.75) is 19.9 Å². The monoisotopic (exact) mass is 379 g/mol. The number of hydrogen-bond acceptors (Lipinski definition) is 6. The highest BCUT2D eigenvalue weighted by Crippen LogP contribution is 2.14. The zero-order chi connectivity index (χ0) is 19.2. The molecule has 4 aromatic heterocycles. The van der Waals surface area contributed by atoms with Gasteiger partial charge in [0.05, 0.1) is 6.26 Å². The smallest absolute Gasteiger partial charge is 0.216 e. The fourth-order valence-electron chi connectivity index (χ4n) is 2.71. The molecule has 0 saturated carbocycles. The average molecular weight is 379 g/mol. The molecular weight excluding hydrogens is 358 g/mol. The SMILES string of the molecule is CCNC(=NCc1nnc2ccccn12)NCCc1nc(-c2ccco2)n[nH]1. The number of aromatic amines is 1. The van der Waals surface area contributed by atoms with Crippen LogP contribution in [0.2, 0.25) is 0 Å². The van der Waals surface area contributed by atoms with Crippen LogP contribution in [-0.2, 0) is 13.0 Å². The van der Waals surface area contributed by atoms with E-state index in [0.717, 1.165) is 23.8 Å². The summed E-state index contributed by atoms with van der Waals surface area (Å²) in [6, 6.07) is 9.43. The molecule has 28 heavy (non-hydrogen) atoms. The zero-order valence-corrected chi connectivity index (χ0v) is 15.5. The van der Waals surface area contributed by atoms with Crippen LogP contribution in [0, 0.1) is 0 Å². The van der Waals surface area contributed by atoms with E-state index in [9.17, 15) is 0 Å². The summed E-state index contributed by atoms with van der Waals surface area (Å²) < 4.78 is 7.23. The van der Waals surface area contributed by atoms with Gasteiger partial charge in [0.25, 0.3) is 0 Å². The molecule has 0 atom stereocenters. The van der Waals surface area contributed by atoms with E-state index in [1.807, 2.05) is 47.9 Å². The first kappa shape index (κ1) is 17.7. The summed E-state index contributed by atoms with van der Waals surface area (Å²) in [5, 5.41) is 22.0. The second kappa shape index (κ2) is 8.33. The zero-order valence-electron chi connectivity index (χ0n) is 15.5. The molecule has 0 aliphatic carbocycles. The highest BCUT2D eigenvalue weighted by atomic mass is 16.3. The first-order chi connectivity index (χ1) is 13.8. The number of rotatable bonds is 7. The van der Waals surface area contributed by atoms with Crippen LogP contribution in [0.5, 0.6) is 0 Å². The molecule has 3 N–H and O–H groups in total. The molecule has 0 unspecified atom stereocenters. The van der Waals surface area contributed by atoms with Gasteiger partial charge >= 0.3 is 0 Å². The van der Waals surface area contributed by atoms with Crippen molar-refractivity contribution < 1.29 is 4.42 Å². The van der Waals surface area contributed by atoms with Gasteiger partial charge in [0.15, 0.2) is 23.2 Å².